The number of anilines is 1. The highest BCUT2D eigenvalue weighted by atomic mass is 32.2. The first kappa shape index (κ1) is 16.9. The van der Waals surface area contributed by atoms with Gasteiger partial charge in [-0.25, -0.2) is 13.1 Å². The van der Waals surface area contributed by atoms with Crippen LogP contribution in [0.15, 0.2) is 59.5 Å². The average Bonchev–Trinajstić information content (AvgIpc) is 2.54. The van der Waals surface area contributed by atoms with Crippen LogP contribution in [0, 0.1) is 10.1 Å². The standard InChI is InChI=1S/C15H17N3O4S/c1-12(17-23(21,22)15-5-3-2-4-6-15)11-16-13-7-9-14(10-8-13)18(19)20/h2-10,12,16-17H,11H2,1H3. The van der Waals surface area contributed by atoms with E-state index in [1.165, 1.54) is 24.3 Å². The van der Waals surface area contributed by atoms with Gasteiger partial charge in [0.1, 0.15) is 0 Å². The van der Waals surface area contributed by atoms with E-state index in [4.69, 9.17) is 0 Å². The maximum absolute atomic E-state index is 12.2. The molecular formula is C15H17N3O4S. The summed E-state index contributed by atoms with van der Waals surface area (Å²) in [6.45, 7) is 2.09. The van der Waals surface area contributed by atoms with Crippen LogP contribution < -0.4 is 10.0 Å². The van der Waals surface area contributed by atoms with Crippen LogP contribution in [-0.4, -0.2) is 25.9 Å². The van der Waals surface area contributed by atoms with Crippen molar-refractivity contribution in [3.63, 3.8) is 0 Å². The van der Waals surface area contributed by atoms with Crippen LogP contribution in [0.2, 0.25) is 0 Å². The van der Waals surface area contributed by atoms with Gasteiger partial charge >= 0.3 is 0 Å². The molecule has 7 nitrogen and oxygen atoms in total. The van der Waals surface area contributed by atoms with Crippen molar-refractivity contribution in [1.82, 2.24) is 4.72 Å². The molecule has 0 fully saturated rings. The van der Waals surface area contributed by atoms with Crippen LogP contribution in [-0.2, 0) is 10.0 Å². The number of hydrogen-bond acceptors (Lipinski definition) is 5. The lowest BCUT2D eigenvalue weighted by Gasteiger charge is -2.15. The molecule has 2 aromatic carbocycles. The Hall–Kier alpha value is -2.45. The number of benzene rings is 2. The van der Waals surface area contributed by atoms with Gasteiger partial charge in [0.2, 0.25) is 10.0 Å². The molecule has 8 heteroatoms. The van der Waals surface area contributed by atoms with Gasteiger partial charge in [-0.05, 0) is 31.2 Å². The van der Waals surface area contributed by atoms with Crippen molar-refractivity contribution in [1.29, 1.82) is 0 Å². The lowest BCUT2D eigenvalue weighted by Crippen LogP contribution is -2.37. The minimum atomic E-state index is -3.56. The quantitative estimate of drug-likeness (QED) is 0.597. The summed E-state index contributed by atoms with van der Waals surface area (Å²) in [5, 5.41) is 13.6. The molecule has 0 aliphatic heterocycles. The largest absolute Gasteiger partial charge is 0.383 e. The van der Waals surface area contributed by atoms with E-state index in [9.17, 15) is 18.5 Å². The van der Waals surface area contributed by atoms with Crippen LogP contribution >= 0.6 is 0 Å². The third-order valence-electron chi connectivity index (χ3n) is 3.10. The minimum absolute atomic E-state index is 0.00776. The van der Waals surface area contributed by atoms with Crippen LogP contribution in [0.3, 0.4) is 0 Å². The van der Waals surface area contributed by atoms with Gasteiger partial charge in [0, 0.05) is 30.4 Å². The second kappa shape index (κ2) is 7.21. The van der Waals surface area contributed by atoms with Crippen molar-refractivity contribution in [3.05, 3.63) is 64.7 Å². The molecule has 1 unspecified atom stereocenters. The fraction of sp³-hybridized carbons (Fsp3) is 0.200. The predicted octanol–water partition coefficient (Wildman–Crippen LogP) is 2.37. The highest BCUT2D eigenvalue weighted by Gasteiger charge is 2.16. The first-order chi connectivity index (χ1) is 10.9. The van der Waals surface area contributed by atoms with Gasteiger partial charge in [-0.3, -0.25) is 10.1 Å². The molecule has 0 saturated heterocycles. The van der Waals surface area contributed by atoms with Crippen LogP contribution in [0.5, 0.6) is 0 Å². The normalized spacial score (nSPS) is 12.6. The fourth-order valence-electron chi connectivity index (χ4n) is 1.95. The zero-order valence-electron chi connectivity index (χ0n) is 12.5. The lowest BCUT2D eigenvalue weighted by atomic mass is 10.2. The van der Waals surface area contributed by atoms with E-state index in [1.807, 2.05) is 0 Å². The highest BCUT2D eigenvalue weighted by molar-refractivity contribution is 7.89. The Morgan fingerprint density at radius 2 is 1.70 bits per heavy atom. The number of rotatable bonds is 7. The predicted molar refractivity (Wildman–Crippen MR) is 87.8 cm³/mol. The summed E-state index contributed by atoms with van der Waals surface area (Å²) in [7, 11) is -3.56. The van der Waals surface area contributed by atoms with E-state index in [0.29, 0.717) is 12.2 Å². The first-order valence-electron chi connectivity index (χ1n) is 6.94. The number of non-ortho nitro benzene ring substituents is 1. The SMILES string of the molecule is CC(CNc1ccc([N+](=O)[O-])cc1)NS(=O)(=O)c1ccccc1. The summed E-state index contributed by atoms with van der Waals surface area (Å²) in [5.41, 5.74) is 0.690. The van der Waals surface area contributed by atoms with Gasteiger partial charge in [-0.1, -0.05) is 18.2 Å². The molecule has 0 aliphatic carbocycles. The van der Waals surface area contributed by atoms with Gasteiger partial charge in [0.25, 0.3) is 5.69 Å². The Labute approximate surface area is 134 Å². The molecule has 2 rings (SSSR count). The molecule has 0 heterocycles. The smallest absolute Gasteiger partial charge is 0.269 e. The van der Waals surface area contributed by atoms with Crippen LogP contribution in [0.1, 0.15) is 6.92 Å². The topological polar surface area (TPSA) is 101 Å². The van der Waals surface area contributed by atoms with E-state index in [-0.39, 0.29) is 16.6 Å². The fourth-order valence-corrected chi connectivity index (χ4v) is 3.21. The third kappa shape index (κ3) is 4.76. The van der Waals surface area contributed by atoms with E-state index in [0.717, 1.165) is 0 Å². The molecule has 23 heavy (non-hydrogen) atoms. The van der Waals surface area contributed by atoms with Gasteiger partial charge in [0.15, 0.2) is 0 Å². The molecule has 122 valence electrons. The highest BCUT2D eigenvalue weighted by Crippen LogP contribution is 2.15. The zero-order chi connectivity index (χ0) is 16.9. The first-order valence-corrected chi connectivity index (χ1v) is 8.42. The molecule has 0 aromatic heterocycles. The van der Waals surface area contributed by atoms with Gasteiger partial charge in [0.05, 0.1) is 9.82 Å². The summed E-state index contributed by atoms with van der Waals surface area (Å²) < 4.78 is 26.9. The maximum Gasteiger partial charge on any atom is 0.269 e. The maximum atomic E-state index is 12.2. The molecule has 0 aliphatic rings. The third-order valence-corrected chi connectivity index (χ3v) is 4.71. The molecule has 0 spiro atoms. The number of nitro groups is 1. The van der Waals surface area contributed by atoms with Crippen molar-refractivity contribution in [2.24, 2.45) is 0 Å². The van der Waals surface area contributed by atoms with Crippen molar-refractivity contribution in [2.75, 3.05) is 11.9 Å². The van der Waals surface area contributed by atoms with Crippen molar-refractivity contribution < 1.29 is 13.3 Å². The van der Waals surface area contributed by atoms with Crippen molar-refractivity contribution in [2.45, 2.75) is 17.9 Å². The summed E-state index contributed by atoms with van der Waals surface area (Å²) in [6.07, 6.45) is 0. The summed E-state index contributed by atoms with van der Waals surface area (Å²) in [6, 6.07) is 13.7. The minimum Gasteiger partial charge on any atom is -0.383 e. The molecule has 2 N–H and O–H groups in total. The van der Waals surface area contributed by atoms with Crippen LogP contribution in [0.25, 0.3) is 0 Å². The molecule has 2 aromatic rings. The molecule has 0 saturated carbocycles. The Bertz CT molecular complexity index is 761. The van der Waals surface area contributed by atoms with Gasteiger partial charge in [-0.2, -0.15) is 0 Å². The zero-order valence-corrected chi connectivity index (χ0v) is 13.3. The van der Waals surface area contributed by atoms with E-state index >= 15 is 0 Å². The lowest BCUT2D eigenvalue weighted by molar-refractivity contribution is -0.384. The monoisotopic (exact) mass is 335 g/mol. The van der Waals surface area contributed by atoms with Crippen molar-refractivity contribution >= 4 is 21.4 Å². The Morgan fingerprint density at radius 1 is 1.09 bits per heavy atom. The summed E-state index contributed by atoms with van der Waals surface area (Å²) in [4.78, 5) is 10.3. The average molecular weight is 335 g/mol. The number of nitrogens with one attached hydrogen (secondary N) is 2. The number of hydrogen-bond donors (Lipinski definition) is 2. The van der Waals surface area contributed by atoms with Crippen LogP contribution in [0.4, 0.5) is 11.4 Å². The van der Waals surface area contributed by atoms with Crippen molar-refractivity contribution in [3.8, 4) is 0 Å². The second-order valence-corrected chi connectivity index (χ2v) is 6.73. The molecule has 0 radical (unpaired) electrons. The molecule has 1 atom stereocenters. The number of nitro benzene ring substituents is 1. The van der Waals surface area contributed by atoms with E-state index in [1.54, 1.807) is 37.3 Å². The Morgan fingerprint density at radius 3 is 2.26 bits per heavy atom. The van der Waals surface area contributed by atoms with E-state index < -0.39 is 14.9 Å². The molecule has 0 bridgehead atoms. The summed E-state index contributed by atoms with van der Waals surface area (Å²) >= 11 is 0. The van der Waals surface area contributed by atoms with Gasteiger partial charge < -0.3 is 5.32 Å². The second-order valence-electron chi connectivity index (χ2n) is 5.02. The molecular weight excluding hydrogens is 318 g/mol. The molecule has 0 amide bonds. The van der Waals surface area contributed by atoms with E-state index in [2.05, 4.69) is 10.0 Å². The Balaban J connectivity index is 1.92. The summed E-state index contributed by atoms with van der Waals surface area (Å²) in [5.74, 6) is 0. The van der Waals surface area contributed by atoms with Gasteiger partial charge in [-0.15, -0.1) is 0 Å². The Kier molecular flexibility index (Phi) is 5.30. The number of sulfonamides is 1. The number of nitrogens with zero attached hydrogens (tertiary/aromatic N) is 1.